The van der Waals surface area contributed by atoms with Gasteiger partial charge in [-0.05, 0) is 42.8 Å². The molecule has 0 aliphatic carbocycles. The highest BCUT2D eigenvalue weighted by Crippen LogP contribution is 2.21. The monoisotopic (exact) mass is 335 g/mol. The Labute approximate surface area is 142 Å². The Morgan fingerprint density at radius 3 is 2.57 bits per heavy atom. The van der Waals surface area contributed by atoms with E-state index in [-0.39, 0.29) is 12.4 Å². The van der Waals surface area contributed by atoms with Crippen LogP contribution in [0.5, 0.6) is 5.75 Å². The fourth-order valence-electron chi connectivity index (χ4n) is 2.26. The molecule has 2 aromatic carbocycles. The molecule has 0 bridgehead atoms. The number of nitrogens with one attached hydrogen (secondary N) is 1. The first kappa shape index (κ1) is 17.8. The Hall–Kier alpha value is -1.58. The molecule has 0 saturated heterocycles. The molecule has 0 heterocycles. The van der Waals surface area contributed by atoms with Gasteiger partial charge < -0.3 is 10.1 Å². The van der Waals surface area contributed by atoms with E-state index in [4.69, 9.17) is 16.3 Å². The van der Waals surface area contributed by atoms with Crippen molar-refractivity contribution in [1.82, 2.24) is 5.32 Å². The van der Waals surface area contributed by atoms with Crippen LogP contribution in [0.2, 0.25) is 5.02 Å². The second kappa shape index (κ2) is 9.53. The van der Waals surface area contributed by atoms with Crippen LogP contribution in [-0.4, -0.2) is 6.54 Å². The maximum absolute atomic E-state index is 13.7. The SMILES string of the molecule is CCCCCNCc1ccc(OCc2c(F)cccc2Cl)cc1. The molecular formula is C19H23ClFNO. The van der Waals surface area contributed by atoms with Crippen molar-refractivity contribution < 1.29 is 9.13 Å². The third kappa shape index (κ3) is 5.85. The van der Waals surface area contributed by atoms with E-state index in [2.05, 4.69) is 12.2 Å². The van der Waals surface area contributed by atoms with E-state index in [9.17, 15) is 4.39 Å². The zero-order chi connectivity index (χ0) is 16.5. The third-order valence-corrected chi connectivity index (χ3v) is 4.01. The summed E-state index contributed by atoms with van der Waals surface area (Å²) < 4.78 is 19.3. The summed E-state index contributed by atoms with van der Waals surface area (Å²) in [7, 11) is 0. The second-order valence-electron chi connectivity index (χ2n) is 5.52. The summed E-state index contributed by atoms with van der Waals surface area (Å²) in [6.45, 7) is 4.22. The van der Waals surface area contributed by atoms with Crippen LogP contribution in [0, 0.1) is 5.82 Å². The van der Waals surface area contributed by atoms with Gasteiger partial charge in [-0.3, -0.25) is 0 Å². The van der Waals surface area contributed by atoms with Crippen LogP contribution in [-0.2, 0) is 13.2 Å². The number of benzene rings is 2. The molecule has 124 valence electrons. The van der Waals surface area contributed by atoms with E-state index in [1.165, 1.54) is 30.9 Å². The van der Waals surface area contributed by atoms with Crippen molar-refractivity contribution in [3.05, 3.63) is 64.4 Å². The summed E-state index contributed by atoms with van der Waals surface area (Å²) in [6.07, 6.45) is 3.71. The molecule has 4 heteroatoms. The lowest BCUT2D eigenvalue weighted by molar-refractivity contribution is 0.300. The molecule has 2 aromatic rings. The van der Waals surface area contributed by atoms with Crippen molar-refractivity contribution in [2.24, 2.45) is 0 Å². The van der Waals surface area contributed by atoms with Gasteiger partial charge in [0, 0.05) is 12.1 Å². The van der Waals surface area contributed by atoms with Crippen molar-refractivity contribution in [2.45, 2.75) is 39.3 Å². The second-order valence-corrected chi connectivity index (χ2v) is 5.92. The van der Waals surface area contributed by atoms with Gasteiger partial charge in [-0.1, -0.05) is 49.6 Å². The Morgan fingerprint density at radius 1 is 1.09 bits per heavy atom. The predicted octanol–water partition coefficient (Wildman–Crippen LogP) is 5.34. The Bertz CT molecular complexity index is 581. The van der Waals surface area contributed by atoms with Crippen LogP contribution in [0.1, 0.15) is 37.3 Å². The molecule has 0 aromatic heterocycles. The molecule has 0 atom stereocenters. The number of halogens is 2. The lowest BCUT2D eigenvalue weighted by atomic mass is 10.2. The fourth-order valence-corrected chi connectivity index (χ4v) is 2.48. The summed E-state index contributed by atoms with van der Waals surface area (Å²) in [5, 5.41) is 3.81. The number of hydrogen-bond donors (Lipinski definition) is 1. The van der Waals surface area contributed by atoms with E-state index in [1.807, 2.05) is 24.3 Å². The van der Waals surface area contributed by atoms with Gasteiger partial charge in [0.15, 0.2) is 0 Å². The first-order valence-electron chi connectivity index (χ1n) is 8.06. The Morgan fingerprint density at radius 2 is 1.87 bits per heavy atom. The minimum atomic E-state index is -0.342. The van der Waals surface area contributed by atoms with E-state index in [0.717, 1.165) is 13.1 Å². The Balaban J connectivity index is 1.81. The van der Waals surface area contributed by atoms with Crippen LogP contribution in [0.3, 0.4) is 0 Å². The molecule has 0 amide bonds. The quantitative estimate of drug-likeness (QED) is 0.625. The largest absolute Gasteiger partial charge is 0.489 e. The summed E-state index contributed by atoms with van der Waals surface area (Å²) in [6, 6.07) is 12.5. The topological polar surface area (TPSA) is 21.3 Å². The number of rotatable bonds is 9. The maximum atomic E-state index is 13.7. The van der Waals surface area contributed by atoms with Gasteiger partial charge in [-0.15, -0.1) is 0 Å². The standard InChI is InChI=1S/C19H23ClFNO/c1-2-3-4-12-22-13-15-8-10-16(11-9-15)23-14-17-18(20)6-5-7-19(17)21/h5-11,22H,2-4,12-14H2,1H3. The highest BCUT2D eigenvalue weighted by Gasteiger charge is 2.07. The molecule has 0 saturated carbocycles. The van der Waals surface area contributed by atoms with E-state index >= 15 is 0 Å². The minimum Gasteiger partial charge on any atom is -0.489 e. The highest BCUT2D eigenvalue weighted by molar-refractivity contribution is 6.31. The molecule has 0 aliphatic heterocycles. The van der Waals surface area contributed by atoms with Crippen LogP contribution < -0.4 is 10.1 Å². The fraction of sp³-hybridized carbons (Fsp3) is 0.368. The third-order valence-electron chi connectivity index (χ3n) is 3.65. The average Bonchev–Trinajstić information content (AvgIpc) is 2.55. The van der Waals surface area contributed by atoms with E-state index in [1.54, 1.807) is 12.1 Å². The summed E-state index contributed by atoms with van der Waals surface area (Å²) >= 11 is 5.99. The smallest absolute Gasteiger partial charge is 0.131 e. The van der Waals surface area contributed by atoms with Gasteiger partial charge in [0.1, 0.15) is 18.2 Å². The van der Waals surface area contributed by atoms with Crippen molar-refractivity contribution in [1.29, 1.82) is 0 Å². The summed E-state index contributed by atoms with van der Waals surface area (Å²) in [5.74, 6) is 0.365. The van der Waals surface area contributed by atoms with Gasteiger partial charge in [0.25, 0.3) is 0 Å². The van der Waals surface area contributed by atoms with Crippen LogP contribution in [0.15, 0.2) is 42.5 Å². The number of hydrogen-bond acceptors (Lipinski definition) is 2. The van der Waals surface area contributed by atoms with Crippen LogP contribution in [0.4, 0.5) is 4.39 Å². The molecule has 0 fully saturated rings. The van der Waals surface area contributed by atoms with Crippen molar-refractivity contribution in [3.63, 3.8) is 0 Å². The molecular weight excluding hydrogens is 313 g/mol. The number of ether oxygens (including phenoxy) is 1. The van der Waals surface area contributed by atoms with Crippen molar-refractivity contribution >= 4 is 11.6 Å². The summed E-state index contributed by atoms with van der Waals surface area (Å²) in [4.78, 5) is 0. The molecule has 0 aliphatic rings. The predicted molar refractivity (Wildman–Crippen MR) is 93.4 cm³/mol. The van der Waals surface area contributed by atoms with Crippen LogP contribution >= 0.6 is 11.6 Å². The summed E-state index contributed by atoms with van der Waals surface area (Å²) in [5.41, 5.74) is 1.59. The first-order chi connectivity index (χ1) is 11.2. The molecule has 1 N–H and O–H groups in total. The van der Waals surface area contributed by atoms with Crippen molar-refractivity contribution in [3.8, 4) is 5.75 Å². The lowest BCUT2D eigenvalue weighted by Crippen LogP contribution is -2.14. The molecule has 2 nitrogen and oxygen atoms in total. The van der Waals surface area contributed by atoms with Gasteiger partial charge in [-0.2, -0.15) is 0 Å². The Kier molecular flexibility index (Phi) is 7.37. The zero-order valence-electron chi connectivity index (χ0n) is 13.4. The zero-order valence-corrected chi connectivity index (χ0v) is 14.2. The van der Waals surface area contributed by atoms with Gasteiger partial charge >= 0.3 is 0 Å². The normalized spacial score (nSPS) is 10.7. The molecule has 0 spiro atoms. The molecule has 23 heavy (non-hydrogen) atoms. The van der Waals surface area contributed by atoms with Gasteiger partial charge in [0.2, 0.25) is 0 Å². The van der Waals surface area contributed by atoms with E-state index in [0.29, 0.717) is 16.3 Å². The van der Waals surface area contributed by atoms with Crippen LogP contribution in [0.25, 0.3) is 0 Å². The molecule has 0 unspecified atom stereocenters. The van der Waals surface area contributed by atoms with Gasteiger partial charge in [0.05, 0.1) is 5.02 Å². The first-order valence-corrected chi connectivity index (χ1v) is 8.44. The number of unbranched alkanes of at least 4 members (excludes halogenated alkanes) is 2. The lowest BCUT2D eigenvalue weighted by Gasteiger charge is -2.10. The average molecular weight is 336 g/mol. The van der Waals surface area contributed by atoms with Crippen molar-refractivity contribution in [2.75, 3.05) is 6.54 Å². The molecule has 0 radical (unpaired) electrons. The van der Waals surface area contributed by atoms with Gasteiger partial charge in [-0.25, -0.2) is 4.39 Å². The maximum Gasteiger partial charge on any atom is 0.131 e. The van der Waals surface area contributed by atoms with E-state index < -0.39 is 0 Å². The minimum absolute atomic E-state index is 0.125. The molecule has 2 rings (SSSR count). The highest BCUT2D eigenvalue weighted by atomic mass is 35.5.